The number of rotatable bonds is 5. The minimum atomic E-state index is -3.62. The van der Waals surface area contributed by atoms with Gasteiger partial charge < -0.3 is 0 Å². The van der Waals surface area contributed by atoms with Crippen LogP contribution in [0.2, 0.25) is 0 Å². The smallest absolute Gasteiger partial charge is 0.261 e. The van der Waals surface area contributed by atoms with E-state index in [4.69, 9.17) is 5.26 Å². The summed E-state index contributed by atoms with van der Waals surface area (Å²) in [6.07, 6.45) is 2.16. The van der Waals surface area contributed by atoms with Crippen molar-refractivity contribution in [2.75, 3.05) is 11.0 Å². The van der Waals surface area contributed by atoms with Crippen molar-refractivity contribution in [3.8, 4) is 6.07 Å². The van der Waals surface area contributed by atoms with Gasteiger partial charge in [0, 0.05) is 4.90 Å². The lowest BCUT2D eigenvalue weighted by molar-refractivity contribution is 0.601. The molecule has 0 aromatic heterocycles. The number of anilines is 1. The van der Waals surface area contributed by atoms with Crippen LogP contribution in [0, 0.1) is 11.3 Å². The molecule has 0 spiro atoms. The maximum absolute atomic E-state index is 12.4. The molecule has 0 saturated heterocycles. The third-order valence-corrected chi connectivity index (χ3v) is 5.05. The molecule has 0 saturated carbocycles. The van der Waals surface area contributed by atoms with E-state index in [-0.39, 0.29) is 11.3 Å². The molecule has 0 fully saturated rings. The zero-order chi connectivity index (χ0) is 15.3. The van der Waals surface area contributed by atoms with Crippen molar-refractivity contribution >= 4 is 27.5 Å². The predicted octanol–water partition coefficient (Wildman–Crippen LogP) is 3.28. The number of sulfonamides is 1. The first-order valence-corrected chi connectivity index (χ1v) is 8.89. The molecular formula is C15H14N2O2S2. The molecule has 1 N–H and O–H groups in total. The van der Waals surface area contributed by atoms with Crippen LogP contribution in [-0.4, -0.2) is 14.7 Å². The third kappa shape index (κ3) is 3.78. The van der Waals surface area contributed by atoms with Gasteiger partial charge in [-0.05, 0) is 36.1 Å². The van der Waals surface area contributed by atoms with Crippen LogP contribution in [0.4, 0.5) is 5.69 Å². The summed E-state index contributed by atoms with van der Waals surface area (Å²) in [5.41, 5.74) is 1.35. The molecule has 21 heavy (non-hydrogen) atoms. The van der Waals surface area contributed by atoms with E-state index < -0.39 is 10.0 Å². The second-order valence-corrected chi connectivity index (χ2v) is 6.82. The summed E-state index contributed by atoms with van der Waals surface area (Å²) < 4.78 is 27.3. The van der Waals surface area contributed by atoms with E-state index in [1.165, 1.54) is 23.9 Å². The number of nitriles is 1. The topological polar surface area (TPSA) is 70.0 Å². The maximum atomic E-state index is 12.4. The second-order valence-electron chi connectivity index (χ2n) is 4.28. The Morgan fingerprint density at radius 2 is 1.81 bits per heavy atom. The molecule has 2 aromatic rings. The van der Waals surface area contributed by atoms with Crippen LogP contribution in [-0.2, 0) is 16.4 Å². The number of hydrogen-bond donors (Lipinski definition) is 1. The molecule has 2 aromatic carbocycles. The Bertz CT molecular complexity index is 763. The zero-order valence-corrected chi connectivity index (χ0v) is 13.0. The van der Waals surface area contributed by atoms with E-state index in [1.54, 1.807) is 24.3 Å². The molecule has 0 radical (unpaired) electrons. The quantitative estimate of drug-likeness (QED) is 0.859. The van der Waals surface area contributed by atoms with Crippen LogP contribution in [0.1, 0.15) is 5.56 Å². The van der Waals surface area contributed by atoms with Crippen molar-refractivity contribution in [2.45, 2.75) is 16.2 Å². The molecule has 4 nitrogen and oxygen atoms in total. The highest BCUT2D eigenvalue weighted by Crippen LogP contribution is 2.27. The Hall–Kier alpha value is -1.97. The number of nitrogens with one attached hydrogen (secondary N) is 1. The zero-order valence-electron chi connectivity index (χ0n) is 11.4. The summed E-state index contributed by atoms with van der Waals surface area (Å²) >= 11 is 1.48. The van der Waals surface area contributed by atoms with E-state index in [0.29, 0.717) is 5.69 Å². The van der Waals surface area contributed by atoms with E-state index in [2.05, 4.69) is 4.72 Å². The van der Waals surface area contributed by atoms with Crippen LogP contribution in [0.5, 0.6) is 0 Å². The van der Waals surface area contributed by atoms with Gasteiger partial charge in [0.05, 0.1) is 23.1 Å². The lowest BCUT2D eigenvalue weighted by atomic mass is 10.2. The number of para-hydroxylation sites is 1. The standard InChI is InChI=1S/C15H14N2O2S2/c1-20-15-5-3-2-4-14(15)17-21(18,19)13-8-6-12(7-9-13)10-11-16/h2-9,17H,10H2,1H3. The van der Waals surface area contributed by atoms with Gasteiger partial charge >= 0.3 is 0 Å². The van der Waals surface area contributed by atoms with Crippen molar-refractivity contribution < 1.29 is 8.42 Å². The van der Waals surface area contributed by atoms with E-state index in [1.807, 2.05) is 24.5 Å². The van der Waals surface area contributed by atoms with Crippen LogP contribution in [0.15, 0.2) is 58.3 Å². The van der Waals surface area contributed by atoms with Gasteiger partial charge in [0.15, 0.2) is 0 Å². The average Bonchev–Trinajstić information content (AvgIpc) is 2.48. The van der Waals surface area contributed by atoms with Gasteiger partial charge in [-0.2, -0.15) is 5.26 Å². The summed E-state index contributed by atoms with van der Waals surface area (Å²) in [5, 5.41) is 8.62. The summed E-state index contributed by atoms with van der Waals surface area (Å²) in [7, 11) is -3.62. The first kappa shape index (κ1) is 15.4. The van der Waals surface area contributed by atoms with Gasteiger partial charge in [0.25, 0.3) is 10.0 Å². The Labute approximate surface area is 128 Å². The molecule has 0 amide bonds. The Kier molecular flexibility index (Phi) is 4.89. The molecule has 0 aliphatic rings. The summed E-state index contributed by atoms with van der Waals surface area (Å²) in [6.45, 7) is 0. The highest BCUT2D eigenvalue weighted by atomic mass is 32.2. The van der Waals surface area contributed by atoms with Gasteiger partial charge in [0.1, 0.15) is 0 Å². The average molecular weight is 318 g/mol. The van der Waals surface area contributed by atoms with Crippen molar-refractivity contribution in [1.82, 2.24) is 0 Å². The van der Waals surface area contributed by atoms with Gasteiger partial charge in [-0.25, -0.2) is 8.42 Å². The second kappa shape index (κ2) is 6.66. The third-order valence-electron chi connectivity index (χ3n) is 2.87. The molecule has 0 unspecified atom stereocenters. The fourth-order valence-corrected chi connectivity index (χ4v) is 3.51. The molecule has 0 aliphatic carbocycles. The largest absolute Gasteiger partial charge is 0.278 e. The fourth-order valence-electron chi connectivity index (χ4n) is 1.81. The van der Waals surface area contributed by atoms with Crippen molar-refractivity contribution in [3.63, 3.8) is 0 Å². The van der Waals surface area contributed by atoms with Gasteiger partial charge in [0.2, 0.25) is 0 Å². The maximum Gasteiger partial charge on any atom is 0.261 e. The van der Waals surface area contributed by atoms with Crippen LogP contribution >= 0.6 is 11.8 Å². The normalized spacial score (nSPS) is 10.9. The summed E-state index contributed by atoms with van der Waals surface area (Å²) in [6, 6.07) is 15.6. The van der Waals surface area contributed by atoms with Gasteiger partial charge in [-0.15, -0.1) is 11.8 Å². The van der Waals surface area contributed by atoms with E-state index in [0.717, 1.165) is 10.5 Å². The summed E-state index contributed by atoms with van der Waals surface area (Å²) in [5.74, 6) is 0. The van der Waals surface area contributed by atoms with E-state index >= 15 is 0 Å². The molecule has 0 bridgehead atoms. The molecule has 6 heteroatoms. The van der Waals surface area contributed by atoms with Crippen LogP contribution in [0.3, 0.4) is 0 Å². The highest BCUT2D eigenvalue weighted by molar-refractivity contribution is 7.99. The predicted molar refractivity (Wildman–Crippen MR) is 84.8 cm³/mol. The number of nitrogens with zero attached hydrogens (tertiary/aromatic N) is 1. The van der Waals surface area contributed by atoms with Crippen LogP contribution in [0.25, 0.3) is 0 Å². The monoisotopic (exact) mass is 318 g/mol. The Morgan fingerprint density at radius 1 is 1.14 bits per heavy atom. The SMILES string of the molecule is CSc1ccccc1NS(=O)(=O)c1ccc(CC#N)cc1. The molecule has 0 aliphatic heterocycles. The first-order chi connectivity index (χ1) is 10.1. The Balaban J connectivity index is 2.28. The van der Waals surface area contributed by atoms with Crippen molar-refractivity contribution in [3.05, 3.63) is 54.1 Å². The van der Waals surface area contributed by atoms with Crippen molar-refractivity contribution in [1.29, 1.82) is 5.26 Å². The molecule has 108 valence electrons. The highest BCUT2D eigenvalue weighted by Gasteiger charge is 2.15. The fraction of sp³-hybridized carbons (Fsp3) is 0.133. The van der Waals surface area contributed by atoms with E-state index in [9.17, 15) is 8.42 Å². The number of thioether (sulfide) groups is 1. The molecule has 0 atom stereocenters. The van der Waals surface area contributed by atoms with Crippen LogP contribution < -0.4 is 4.72 Å². The van der Waals surface area contributed by atoms with Gasteiger partial charge in [-0.1, -0.05) is 24.3 Å². The number of benzene rings is 2. The lowest BCUT2D eigenvalue weighted by Gasteiger charge is -2.11. The Morgan fingerprint density at radius 3 is 2.43 bits per heavy atom. The molecule has 2 rings (SSSR count). The minimum Gasteiger partial charge on any atom is -0.278 e. The van der Waals surface area contributed by atoms with Crippen molar-refractivity contribution in [2.24, 2.45) is 0 Å². The summed E-state index contributed by atoms with van der Waals surface area (Å²) in [4.78, 5) is 1.04. The molecule has 0 heterocycles. The minimum absolute atomic E-state index is 0.181. The first-order valence-electron chi connectivity index (χ1n) is 6.18. The molecular weight excluding hydrogens is 304 g/mol. The lowest BCUT2D eigenvalue weighted by Crippen LogP contribution is -2.13. The van der Waals surface area contributed by atoms with Gasteiger partial charge in [-0.3, -0.25) is 4.72 Å². The number of hydrogen-bond acceptors (Lipinski definition) is 4.